The first-order chi connectivity index (χ1) is 16.1. The third-order valence-corrected chi connectivity index (χ3v) is 5.68. The Kier molecular flexibility index (Phi) is 6.19. The molecule has 1 unspecified atom stereocenters. The Morgan fingerprint density at radius 3 is 2.27 bits per heavy atom. The Hall–Kier alpha value is -4.43. The lowest BCUT2D eigenvalue weighted by Gasteiger charge is -2.40. The van der Waals surface area contributed by atoms with Crippen LogP contribution in [0.1, 0.15) is 33.5 Å². The maximum atomic E-state index is 13.6. The van der Waals surface area contributed by atoms with E-state index in [4.69, 9.17) is 4.74 Å². The van der Waals surface area contributed by atoms with Crippen LogP contribution < -0.4 is 0 Å². The highest BCUT2D eigenvalue weighted by molar-refractivity contribution is 5.98. The molecule has 0 aliphatic carbocycles. The van der Waals surface area contributed by atoms with Crippen LogP contribution in [0, 0.1) is 11.3 Å². The van der Waals surface area contributed by atoms with Gasteiger partial charge < -0.3 is 4.74 Å². The summed E-state index contributed by atoms with van der Waals surface area (Å²) >= 11 is 0. The molecule has 3 aromatic rings. The van der Waals surface area contributed by atoms with Gasteiger partial charge in [-0.2, -0.15) is 5.26 Å². The lowest BCUT2D eigenvalue weighted by atomic mass is 9.78. The molecule has 0 fully saturated rings. The van der Waals surface area contributed by atoms with E-state index in [-0.39, 0.29) is 12.3 Å². The monoisotopic (exact) mass is 434 g/mol. The smallest absolute Gasteiger partial charge is 0.333 e. The highest BCUT2D eigenvalue weighted by Gasteiger charge is 2.45. The van der Waals surface area contributed by atoms with E-state index in [2.05, 4.69) is 6.07 Å². The maximum absolute atomic E-state index is 13.6. The molecule has 33 heavy (non-hydrogen) atoms. The number of benzene rings is 3. The van der Waals surface area contributed by atoms with E-state index < -0.39 is 11.5 Å². The van der Waals surface area contributed by atoms with Gasteiger partial charge in [0.25, 0.3) is 5.91 Å². The van der Waals surface area contributed by atoms with Crippen molar-refractivity contribution in [2.24, 2.45) is 0 Å². The second-order valence-corrected chi connectivity index (χ2v) is 7.66. The largest absolute Gasteiger partial charge is 0.466 e. The highest BCUT2D eigenvalue weighted by Crippen LogP contribution is 2.42. The Labute approximate surface area is 192 Å². The summed E-state index contributed by atoms with van der Waals surface area (Å²) in [6.45, 7) is 0. The van der Waals surface area contributed by atoms with Gasteiger partial charge in [-0.05, 0) is 41.0 Å². The lowest BCUT2D eigenvalue weighted by Crippen LogP contribution is -2.48. The number of hydrogen-bond donors (Lipinski definition) is 0. The second-order valence-electron chi connectivity index (χ2n) is 7.66. The Balaban J connectivity index is 1.88. The van der Waals surface area contributed by atoms with E-state index in [9.17, 15) is 14.9 Å². The van der Waals surface area contributed by atoms with Crippen LogP contribution >= 0.6 is 0 Å². The number of nitrogens with zero attached hydrogens (tertiary/aromatic N) is 2. The molecule has 0 bridgehead atoms. The van der Waals surface area contributed by atoms with Crippen molar-refractivity contribution in [1.82, 2.24) is 4.90 Å². The number of carbonyl (C=O) groups is 2. The SMILES string of the molecule is COC(=O)/C(=C/c1ccccc1)CC1(C#N)c2ccccc2C=CN1C(=O)c1ccccc1. The van der Waals surface area contributed by atoms with E-state index in [1.807, 2.05) is 66.7 Å². The summed E-state index contributed by atoms with van der Waals surface area (Å²) in [6, 6.07) is 27.9. The molecule has 0 radical (unpaired) electrons. The summed E-state index contributed by atoms with van der Waals surface area (Å²) in [7, 11) is 1.31. The van der Waals surface area contributed by atoms with Crippen LogP contribution in [0.4, 0.5) is 0 Å². The van der Waals surface area contributed by atoms with Gasteiger partial charge in [0.15, 0.2) is 5.54 Å². The van der Waals surface area contributed by atoms with E-state index in [0.717, 1.165) is 11.1 Å². The molecule has 1 aliphatic rings. The van der Waals surface area contributed by atoms with Crippen LogP contribution in [-0.2, 0) is 15.1 Å². The number of ether oxygens (including phenoxy) is 1. The molecule has 3 aromatic carbocycles. The summed E-state index contributed by atoms with van der Waals surface area (Å²) in [6.07, 6.45) is 5.10. The Morgan fingerprint density at radius 1 is 0.970 bits per heavy atom. The van der Waals surface area contributed by atoms with Gasteiger partial charge in [-0.25, -0.2) is 4.79 Å². The van der Waals surface area contributed by atoms with E-state index in [1.54, 1.807) is 36.5 Å². The van der Waals surface area contributed by atoms with E-state index in [0.29, 0.717) is 16.7 Å². The summed E-state index contributed by atoms with van der Waals surface area (Å²) < 4.78 is 5.05. The van der Waals surface area contributed by atoms with Crippen LogP contribution in [0.15, 0.2) is 96.7 Å². The number of hydrogen-bond acceptors (Lipinski definition) is 4. The topological polar surface area (TPSA) is 70.4 Å². The van der Waals surface area contributed by atoms with Gasteiger partial charge in [0.05, 0.1) is 13.2 Å². The summed E-state index contributed by atoms with van der Waals surface area (Å²) in [5, 5.41) is 10.6. The molecule has 1 atom stereocenters. The number of carbonyl (C=O) groups excluding carboxylic acids is 2. The fourth-order valence-electron chi connectivity index (χ4n) is 4.06. The van der Waals surface area contributed by atoms with Gasteiger partial charge in [0.2, 0.25) is 0 Å². The average molecular weight is 434 g/mol. The molecule has 0 saturated carbocycles. The second kappa shape index (κ2) is 9.37. The van der Waals surface area contributed by atoms with Gasteiger partial charge in [-0.3, -0.25) is 9.69 Å². The number of amides is 1. The number of rotatable bonds is 5. The minimum absolute atomic E-state index is 0.0367. The summed E-state index contributed by atoms with van der Waals surface area (Å²) in [4.78, 5) is 27.8. The molecule has 1 heterocycles. The molecule has 4 rings (SSSR count). The zero-order valence-electron chi connectivity index (χ0n) is 18.1. The van der Waals surface area contributed by atoms with Crippen molar-refractivity contribution in [3.8, 4) is 6.07 Å². The minimum atomic E-state index is -1.44. The molecule has 5 nitrogen and oxygen atoms in total. The maximum Gasteiger partial charge on any atom is 0.333 e. The summed E-state index contributed by atoms with van der Waals surface area (Å²) in [5.74, 6) is -0.876. The molecule has 0 saturated heterocycles. The molecule has 162 valence electrons. The molecule has 0 spiro atoms. The molecule has 5 heteroatoms. The lowest BCUT2D eigenvalue weighted by molar-refractivity contribution is -0.136. The molecule has 1 amide bonds. The minimum Gasteiger partial charge on any atom is -0.466 e. The first-order valence-corrected chi connectivity index (χ1v) is 10.5. The number of esters is 1. The quantitative estimate of drug-likeness (QED) is 0.410. The first-order valence-electron chi connectivity index (χ1n) is 10.5. The van der Waals surface area contributed by atoms with Gasteiger partial charge in [0.1, 0.15) is 0 Å². The van der Waals surface area contributed by atoms with Gasteiger partial charge >= 0.3 is 5.97 Å². The Bertz CT molecular complexity index is 1270. The summed E-state index contributed by atoms with van der Waals surface area (Å²) in [5.41, 5.74) is 1.58. The highest BCUT2D eigenvalue weighted by atomic mass is 16.5. The van der Waals surface area contributed by atoms with Crippen molar-refractivity contribution < 1.29 is 14.3 Å². The zero-order chi connectivity index (χ0) is 23.3. The van der Waals surface area contributed by atoms with Crippen LogP contribution in [0.25, 0.3) is 12.2 Å². The molecular weight excluding hydrogens is 412 g/mol. The van der Waals surface area contributed by atoms with Crippen LogP contribution in [0.5, 0.6) is 0 Å². The van der Waals surface area contributed by atoms with Crippen LogP contribution in [-0.4, -0.2) is 23.9 Å². The van der Waals surface area contributed by atoms with Crippen LogP contribution in [0.2, 0.25) is 0 Å². The standard InChI is InChI=1S/C28H22N2O3/c1-33-27(32)24(18-21-10-4-2-5-11-21)19-28(20-29)25-15-9-8-12-22(25)16-17-30(28)26(31)23-13-6-3-7-14-23/h2-18H,19H2,1H3/b24-18+. The van der Waals surface area contributed by atoms with Crippen molar-refractivity contribution in [2.75, 3.05) is 7.11 Å². The molecular formula is C28H22N2O3. The normalized spacial score (nSPS) is 17.1. The molecule has 0 N–H and O–H groups in total. The number of fused-ring (bicyclic) bond motifs is 1. The van der Waals surface area contributed by atoms with Crippen molar-refractivity contribution in [1.29, 1.82) is 5.26 Å². The van der Waals surface area contributed by atoms with Gasteiger partial charge in [-0.1, -0.05) is 72.8 Å². The number of nitriles is 1. The Morgan fingerprint density at radius 2 is 1.61 bits per heavy atom. The van der Waals surface area contributed by atoms with Crippen molar-refractivity contribution >= 4 is 24.0 Å². The third-order valence-electron chi connectivity index (χ3n) is 5.68. The molecule has 0 aromatic heterocycles. The third kappa shape index (κ3) is 4.19. The zero-order valence-corrected chi connectivity index (χ0v) is 18.1. The van der Waals surface area contributed by atoms with Gasteiger partial charge in [-0.15, -0.1) is 0 Å². The van der Waals surface area contributed by atoms with Crippen molar-refractivity contribution in [3.63, 3.8) is 0 Å². The van der Waals surface area contributed by atoms with E-state index in [1.165, 1.54) is 12.0 Å². The molecule has 1 aliphatic heterocycles. The predicted octanol–water partition coefficient (Wildman–Crippen LogP) is 5.18. The first kappa shape index (κ1) is 21.8. The average Bonchev–Trinajstić information content (AvgIpc) is 2.88. The van der Waals surface area contributed by atoms with E-state index >= 15 is 0 Å². The van der Waals surface area contributed by atoms with Crippen LogP contribution in [0.3, 0.4) is 0 Å². The van der Waals surface area contributed by atoms with Gasteiger partial charge in [0, 0.05) is 23.8 Å². The fourth-order valence-corrected chi connectivity index (χ4v) is 4.06. The predicted molar refractivity (Wildman–Crippen MR) is 126 cm³/mol. The van der Waals surface area contributed by atoms with Crippen molar-refractivity contribution in [2.45, 2.75) is 12.0 Å². The fraction of sp³-hybridized carbons (Fsp3) is 0.107. The van der Waals surface area contributed by atoms with Crippen molar-refractivity contribution in [3.05, 3.63) is 119 Å². The number of methoxy groups -OCH3 is 1.